The Kier molecular flexibility index (Phi) is 3.68. The molecule has 118 valence electrons. The van der Waals surface area contributed by atoms with Crippen LogP contribution in [-0.4, -0.2) is 11.8 Å². The third-order valence-corrected chi connectivity index (χ3v) is 4.42. The fourth-order valence-corrected chi connectivity index (χ4v) is 2.82. The summed E-state index contributed by atoms with van der Waals surface area (Å²) in [6.07, 6.45) is 0. The first-order valence-corrected chi connectivity index (χ1v) is 7.71. The third kappa shape index (κ3) is 2.72. The van der Waals surface area contributed by atoms with Crippen molar-refractivity contribution >= 4 is 17.5 Å². The third-order valence-electron chi connectivity index (χ3n) is 4.42. The van der Waals surface area contributed by atoms with E-state index < -0.39 is 5.41 Å². The summed E-state index contributed by atoms with van der Waals surface area (Å²) in [4.78, 5) is 24.5. The molecular formula is C19H20N2O2. The number of hydrogen-bond donors (Lipinski definition) is 2. The average molecular weight is 308 g/mol. The zero-order chi connectivity index (χ0) is 16.6. The van der Waals surface area contributed by atoms with Crippen molar-refractivity contribution in [2.24, 2.45) is 0 Å². The van der Waals surface area contributed by atoms with Gasteiger partial charge in [-0.05, 0) is 50.1 Å². The highest BCUT2D eigenvalue weighted by Crippen LogP contribution is 2.37. The molecule has 1 heterocycles. The summed E-state index contributed by atoms with van der Waals surface area (Å²) in [5, 5.41) is 5.85. The van der Waals surface area contributed by atoms with Crippen molar-refractivity contribution in [3.63, 3.8) is 0 Å². The van der Waals surface area contributed by atoms with Gasteiger partial charge in [-0.1, -0.05) is 30.3 Å². The lowest BCUT2D eigenvalue weighted by Gasteiger charge is -2.17. The van der Waals surface area contributed by atoms with Crippen LogP contribution in [0, 0.1) is 0 Å². The molecule has 0 saturated heterocycles. The minimum absolute atomic E-state index is 0.0392. The highest BCUT2D eigenvalue weighted by atomic mass is 16.2. The Morgan fingerprint density at radius 3 is 2.52 bits per heavy atom. The van der Waals surface area contributed by atoms with Crippen LogP contribution in [0.2, 0.25) is 0 Å². The Hall–Kier alpha value is -2.62. The molecule has 0 aliphatic carbocycles. The number of carbonyl (C=O) groups excluding carboxylic acids is 2. The smallest absolute Gasteiger partial charge is 0.251 e. The van der Waals surface area contributed by atoms with Crippen molar-refractivity contribution < 1.29 is 9.59 Å². The van der Waals surface area contributed by atoms with E-state index in [-0.39, 0.29) is 17.9 Å². The van der Waals surface area contributed by atoms with E-state index in [0.717, 1.165) is 16.8 Å². The predicted octanol–water partition coefficient (Wildman–Crippen LogP) is 3.41. The molecule has 2 N–H and O–H groups in total. The van der Waals surface area contributed by atoms with Gasteiger partial charge in [0.2, 0.25) is 5.91 Å². The Morgan fingerprint density at radius 1 is 1.13 bits per heavy atom. The zero-order valence-corrected chi connectivity index (χ0v) is 13.5. The van der Waals surface area contributed by atoms with E-state index in [9.17, 15) is 9.59 Å². The first-order chi connectivity index (χ1) is 10.9. The van der Waals surface area contributed by atoms with Crippen LogP contribution in [0.5, 0.6) is 0 Å². The van der Waals surface area contributed by atoms with Gasteiger partial charge >= 0.3 is 0 Å². The maximum Gasteiger partial charge on any atom is 0.251 e. The summed E-state index contributed by atoms with van der Waals surface area (Å²) >= 11 is 0. The molecule has 1 aliphatic heterocycles. The summed E-state index contributed by atoms with van der Waals surface area (Å²) in [5.74, 6) is -0.179. The lowest BCUT2D eigenvalue weighted by atomic mass is 9.85. The Balaban J connectivity index is 1.82. The summed E-state index contributed by atoms with van der Waals surface area (Å²) in [6.45, 7) is 5.68. The van der Waals surface area contributed by atoms with Crippen molar-refractivity contribution in [3.8, 4) is 0 Å². The molecule has 0 fully saturated rings. The van der Waals surface area contributed by atoms with E-state index in [1.807, 2.05) is 51.1 Å². The van der Waals surface area contributed by atoms with Crippen LogP contribution in [0.3, 0.4) is 0 Å². The Bertz CT molecular complexity index is 766. The van der Waals surface area contributed by atoms with Gasteiger partial charge in [-0.25, -0.2) is 0 Å². The van der Waals surface area contributed by atoms with Crippen molar-refractivity contribution in [3.05, 3.63) is 65.2 Å². The number of anilines is 1. The standard InChI is InChI=1S/C19H20N2O2/c1-12(13-7-5-4-6-8-13)20-17(22)14-9-10-16-15(11-14)19(2,3)18(23)21-16/h4-12H,1-3H3,(H,20,22)(H,21,23). The quantitative estimate of drug-likeness (QED) is 0.913. The fraction of sp³-hybridized carbons (Fsp3) is 0.263. The molecule has 1 atom stereocenters. The molecule has 0 bridgehead atoms. The second-order valence-corrected chi connectivity index (χ2v) is 6.45. The number of nitrogens with one attached hydrogen (secondary N) is 2. The van der Waals surface area contributed by atoms with E-state index in [4.69, 9.17) is 0 Å². The normalized spacial score (nSPS) is 16.4. The summed E-state index contributed by atoms with van der Waals surface area (Å²) < 4.78 is 0. The van der Waals surface area contributed by atoms with Gasteiger partial charge in [0.25, 0.3) is 5.91 Å². The minimum atomic E-state index is -0.614. The van der Waals surface area contributed by atoms with E-state index in [1.165, 1.54) is 0 Å². The number of amides is 2. The van der Waals surface area contributed by atoms with Crippen molar-refractivity contribution in [2.45, 2.75) is 32.2 Å². The predicted molar refractivity (Wildman–Crippen MR) is 90.4 cm³/mol. The van der Waals surface area contributed by atoms with Gasteiger partial charge in [0.1, 0.15) is 0 Å². The van der Waals surface area contributed by atoms with Crippen molar-refractivity contribution in [1.29, 1.82) is 0 Å². The molecular weight excluding hydrogens is 288 g/mol. The summed E-state index contributed by atoms with van der Waals surface area (Å²) in [5.41, 5.74) is 2.65. The molecule has 0 saturated carbocycles. The largest absolute Gasteiger partial charge is 0.346 e. The van der Waals surface area contributed by atoms with Crippen LogP contribution < -0.4 is 10.6 Å². The minimum Gasteiger partial charge on any atom is -0.346 e. The van der Waals surface area contributed by atoms with Crippen LogP contribution in [-0.2, 0) is 10.2 Å². The van der Waals surface area contributed by atoms with Crippen molar-refractivity contribution in [2.75, 3.05) is 5.32 Å². The first-order valence-electron chi connectivity index (χ1n) is 7.71. The Labute approximate surface area is 135 Å². The van der Waals surface area contributed by atoms with E-state index in [2.05, 4.69) is 10.6 Å². The lowest BCUT2D eigenvalue weighted by molar-refractivity contribution is -0.119. The number of rotatable bonds is 3. The molecule has 2 aromatic rings. The monoisotopic (exact) mass is 308 g/mol. The van der Waals surface area contributed by atoms with E-state index >= 15 is 0 Å². The molecule has 0 radical (unpaired) electrons. The van der Waals surface area contributed by atoms with Crippen molar-refractivity contribution in [1.82, 2.24) is 5.32 Å². The lowest BCUT2D eigenvalue weighted by Crippen LogP contribution is -2.28. The molecule has 1 unspecified atom stereocenters. The van der Waals surface area contributed by atoms with Crippen LogP contribution in [0.1, 0.15) is 48.3 Å². The van der Waals surface area contributed by atoms with E-state index in [0.29, 0.717) is 5.56 Å². The van der Waals surface area contributed by atoms with Gasteiger partial charge in [-0.2, -0.15) is 0 Å². The number of carbonyl (C=O) groups is 2. The zero-order valence-electron chi connectivity index (χ0n) is 13.5. The molecule has 0 spiro atoms. The molecule has 3 rings (SSSR count). The van der Waals surface area contributed by atoms with E-state index in [1.54, 1.807) is 18.2 Å². The maximum absolute atomic E-state index is 12.5. The molecule has 23 heavy (non-hydrogen) atoms. The van der Waals surface area contributed by atoms with Crippen LogP contribution in [0.4, 0.5) is 5.69 Å². The van der Waals surface area contributed by atoms with Gasteiger partial charge in [0, 0.05) is 11.3 Å². The fourth-order valence-electron chi connectivity index (χ4n) is 2.82. The van der Waals surface area contributed by atoms with Crippen LogP contribution >= 0.6 is 0 Å². The van der Waals surface area contributed by atoms with Gasteiger partial charge in [0.05, 0.1) is 11.5 Å². The average Bonchev–Trinajstić information content (AvgIpc) is 2.77. The summed E-state index contributed by atoms with van der Waals surface area (Å²) in [6, 6.07) is 15.1. The molecule has 0 aromatic heterocycles. The van der Waals surface area contributed by atoms with Crippen LogP contribution in [0.15, 0.2) is 48.5 Å². The number of benzene rings is 2. The first kappa shape index (κ1) is 15.3. The molecule has 4 nitrogen and oxygen atoms in total. The van der Waals surface area contributed by atoms with Crippen LogP contribution in [0.25, 0.3) is 0 Å². The topological polar surface area (TPSA) is 58.2 Å². The Morgan fingerprint density at radius 2 is 1.83 bits per heavy atom. The SMILES string of the molecule is CC(NC(=O)c1ccc2c(c1)C(C)(C)C(=O)N2)c1ccccc1. The van der Waals surface area contributed by atoms with Gasteiger partial charge in [-0.3, -0.25) is 9.59 Å². The van der Waals surface area contributed by atoms with Gasteiger partial charge in [-0.15, -0.1) is 0 Å². The highest BCUT2D eigenvalue weighted by Gasteiger charge is 2.38. The second-order valence-electron chi connectivity index (χ2n) is 6.45. The van der Waals surface area contributed by atoms with Gasteiger partial charge < -0.3 is 10.6 Å². The number of hydrogen-bond acceptors (Lipinski definition) is 2. The highest BCUT2D eigenvalue weighted by molar-refractivity contribution is 6.07. The molecule has 2 amide bonds. The summed E-state index contributed by atoms with van der Waals surface area (Å²) in [7, 11) is 0. The molecule has 4 heteroatoms. The van der Waals surface area contributed by atoms with Gasteiger partial charge in [0.15, 0.2) is 0 Å². The molecule has 1 aliphatic rings. The number of fused-ring (bicyclic) bond motifs is 1. The molecule has 2 aromatic carbocycles. The maximum atomic E-state index is 12.5. The second kappa shape index (κ2) is 5.54.